The topological polar surface area (TPSA) is 400 Å². The number of ether oxygens (including phenoxy) is 7. The zero-order chi connectivity index (χ0) is 39.6. The number of rotatable bonds is 12. The summed E-state index contributed by atoms with van der Waals surface area (Å²) in [5, 5.41) is 128. The summed E-state index contributed by atoms with van der Waals surface area (Å²) in [6.45, 7) is 0.283. The normalized spacial score (nSPS) is 46.3. The lowest BCUT2D eigenvalue weighted by atomic mass is 9.94. The van der Waals surface area contributed by atoms with Crippen LogP contribution in [-0.4, -0.2) is 221 Å². The van der Waals surface area contributed by atoms with Crippen molar-refractivity contribution >= 4 is 23.8 Å². The molecule has 4 heterocycles. The number of aliphatic carboxylic acids is 2. The highest BCUT2D eigenvalue weighted by atomic mass is 16.7. The number of hydrogen-bond acceptors (Lipinski definition) is 21. The lowest BCUT2D eigenvalue weighted by molar-refractivity contribution is -0.350. The Morgan fingerprint density at radius 3 is 1.42 bits per heavy atom. The van der Waals surface area contributed by atoms with Gasteiger partial charge >= 0.3 is 11.9 Å². The first-order chi connectivity index (χ1) is 24.8. The van der Waals surface area contributed by atoms with Crippen LogP contribution in [0.4, 0.5) is 0 Å². The van der Waals surface area contributed by atoms with E-state index in [-0.39, 0.29) is 0 Å². The molecule has 4 aliphatic rings. The van der Waals surface area contributed by atoms with E-state index in [9.17, 15) is 80.5 Å². The van der Waals surface area contributed by atoms with Crippen LogP contribution in [0, 0.1) is 0 Å². The number of carbonyl (C=O) groups is 4. The minimum absolute atomic E-state index is 0.783. The molecule has 0 bridgehead atoms. The third-order valence-electron chi connectivity index (χ3n) is 8.92. The zero-order valence-corrected chi connectivity index (χ0v) is 27.8. The summed E-state index contributed by atoms with van der Waals surface area (Å²) in [7, 11) is 0. The van der Waals surface area contributed by atoms with E-state index < -0.39 is 160 Å². The second kappa shape index (κ2) is 17.8. The van der Waals surface area contributed by atoms with Gasteiger partial charge in [0.25, 0.3) is 0 Å². The van der Waals surface area contributed by atoms with Crippen LogP contribution in [0.25, 0.3) is 0 Å². The Morgan fingerprint density at radius 2 is 0.981 bits per heavy atom. The first-order valence-electron chi connectivity index (χ1n) is 16.1. The molecule has 14 N–H and O–H groups in total. The van der Waals surface area contributed by atoms with Crippen LogP contribution in [0.5, 0.6) is 0 Å². The minimum atomic E-state index is -2.13. The van der Waals surface area contributed by atoms with Crippen molar-refractivity contribution in [1.29, 1.82) is 0 Å². The van der Waals surface area contributed by atoms with Crippen LogP contribution < -0.4 is 10.6 Å². The molecule has 20 atom stereocenters. The van der Waals surface area contributed by atoms with E-state index in [0.29, 0.717) is 0 Å². The molecule has 2 amide bonds. The average molecular weight is 777 g/mol. The second-order valence-corrected chi connectivity index (χ2v) is 12.7. The Morgan fingerprint density at radius 1 is 0.547 bits per heavy atom. The van der Waals surface area contributed by atoms with E-state index in [4.69, 9.17) is 33.2 Å². The van der Waals surface area contributed by atoms with Crippen LogP contribution in [0.15, 0.2) is 0 Å². The summed E-state index contributed by atoms with van der Waals surface area (Å²) in [4.78, 5) is 47.4. The molecule has 4 saturated heterocycles. The number of carboxylic acids is 2. The molecule has 304 valence electrons. The summed E-state index contributed by atoms with van der Waals surface area (Å²) in [5.41, 5.74) is 0. The van der Waals surface area contributed by atoms with Crippen molar-refractivity contribution in [2.45, 2.75) is 137 Å². The largest absolute Gasteiger partial charge is 0.479 e. The maximum Gasteiger partial charge on any atom is 0.335 e. The van der Waals surface area contributed by atoms with Gasteiger partial charge in [-0.2, -0.15) is 0 Å². The third kappa shape index (κ3) is 9.36. The molecule has 4 aliphatic heterocycles. The smallest absolute Gasteiger partial charge is 0.335 e. The van der Waals surface area contributed by atoms with Gasteiger partial charge in [0.05, 0.1) is 13.2 Å². The zero-order valence-electron chi connectivity index (χ0n) is 27.8. The quantitative estimate of drug-likeness (QED) is 0.0875. The van der Waals surface area contributed by atoms with Gasteiger partial charge in [0.1, 0.15) is 85.3 Å². The van der Waals surface area contributed by atoms with Gasteiger partial charge in [0.15, 0.2) is 37.4 Å². The number of carbonyl (C=O) groups excluding carboxylic acids is 2. The van der Waals surface area contributed by atoms with Crippen molar-refractivity contribution < 1.29 is 114 Å². The molecule has 25 nitrogen and oxygen atoms in total. The molecule has 25 heteroatoms. The van der Waals surface area contributed by atoms with E-state index >= 15 is 0 Å². The van der Waals surface area contributed by atoms with Gasteiger partial charge < -0.3 is 105 Å². The Kier molecular flexibility index (Phi) is 14.4. The molecular formula is C28H44N2O23. The van der Waals surface area contributed by atoms with Crippen LogP contribution >= 0.6 is 0 Å². The Labute approximate surface area is 298 Å². The number of carboxylic acid groups (broad SMARTS) is 2. The molecule has 0 aromatic carbocycles. The highest BCUT2D eigenvalue weighted by molar-refractivity contribution is 5.74. The first kappa shape index (κ1) is 42.9. The van der Waals surface area contributed by atoms with E-state index in [1.165, 1.54) is 0 Å². The number of amides is 2. The lowest BCUT2D eigenvalue weighted by Crippen LogP contribution is -2.69. The minimum Gasteiger partial charge on any atom is -0.479 e. The molecule has 0 aromatic rings. The van der Waals surface area contributed by atoms with Crippen molar-refractivity contribution in [1.82, 2.24) is 10.6 Å². The molecular weight excluding hydrogens is 732 g/mol. The van der Waals surface area contributed by atoms with Gasteiger partial charge in [-0.25, -0.2) is 9.59 Å². The standard InChI is InChI=1S/C28H44N2O23/c1-5(32)29-9-19(50-27-17(40)13(36)15(38)21(52-27)23(42)43)12(35)8(48-25(9)46)4-47-26-10(30-6(2)33)20(11(34)7(3-31)49-26)51-28-18(41)14(37)16(39)22(53-28)24(44)45/h7-22,25-28,31,34-41,46H,3-4H2,1-2H3,(H,29,32)(H,30,33)(H,42,43)(H,44,45)/t7-,8-,9-,10-,11-,12-,13+,14+,15+,16+,17-,18-,19-,20-,21+,22+,25-,26-,27-,28-/m1/s1. The average Bonchev–Trinajstić information content (AvgIpc) is 3.08. The van der Waals surface area contributed by atoms with Crippen molar-refractivity contribution in [3.63, 3.8) is 0 Å². The van der Waals surface area contributed by atoms with Crippen molar-refractivity contribution in [2.24, 2.45) is 0 Å². The van der Waals surface area contributed by atoms with E-state index in [1.54, 1.807) is 0 Å². The third-order valence-corrected chi connectivity index (χ3v) is 8.92. The van der Waals surface area contributed by atoms with Gasteiger partial charge in [0.2, 0.25) is 11.8 Å². The summed E-state index contributed by atoms with van der Waals surface area (Å²) >= 11 is 0. The second-order valence-electron chi connectivity index (χ2n) is 12.7. The molecule has 0 aromatic heterocycles. The summed E-state index contributed by atoms with van der Waals surface area (Å²) in [6.07, 6.45) is -35.6. The highest BCUT2D eigenvalue weighted by Gasteiger charge is 2.55. The van der Waals surface area contributed by atoms with Gasteiger partial charge in [-0.15, -0.1) is 0 Å². The Bertz CT molecular complexity index is 1300. The fourth-order valence-electron chi connectivity index (χ4n) is 6.21. The molecule has 0 spiro atoms. The number of hydrogen-bond donors (Lipinski definition) is 14. The predicted octanol–water partition coefficient (Wildman–Crippen LogP) is -9.28. The van der Waals surface area contributed by atoms with E-state index in [2.05, 4.69) is 10.6 Å². The molecule has 4 fully saturated rings. The van der Waals surface area contributed by atoms with Crippen LogP contribution in [0.1, 0.15) is 13.8 Å². The molecule has 0 unspecified atom stereocenters. The number of aliphatic hydroxyl groups excluding tert-OH is 10. The molecule has 0 saturated carbocycles. The van der Waals surface area contributed by atoms with E-state index in [0.717, 1.165) is 13.8 Å². The van der Waals surface area contributed by atoms with Gasteiger partial charge in [-0.05, 0) is 0 Å². The summed E-state index contributed by atoms with van der Waals surface area (Å²) in [6, 6.07) is -3.26. The van der Waals surface area contributed by atoms with Crippen LogP contribution in [0.3, 0.4) is 0 Å². The van der Waals surface area contributed by atoms with Gasteiger partial charge in [-0.3, -0.25) is 9.59 Å². The van der Waals surface area contributed by atoms with Crippen LogP contribution in [0.2, 0.25) is 0 Å². The maximum atomic E-state index is 12.3. The fourth-order valence-corrected chi connectivity index (χ4v) is 6.21. The Balaban J connectivity index is 1.57. The fraction of sp³-hybridized carbons (Fsp3) is 0.857. The Hall–Kier alpha value is -2.80. The SMILES string of the molecule is CC(=O)N[C@@H]1[C@@H](O[C@@H]2O[C@H](C(=O)O)[C@@H](O)[C@H](O)[C@H]2O)[C@H](O)[C@@H](CO[C@@H]2O[C@H](CO)[C@@H](O)[C@H](O[C@@H]3O[C@H](C(=O)O)[C@@H](O)[C@H](O)[C@H]3O)[C@H]2NC(C)=O)O[C@H]1O. The maximum absolute atomic E-state index is 12.3. The predicted molar refractivity (Wildman–Crippen MR) is 158 cm³/mol. The molecule has 0 aliphatic carbocycles. The van der Waals surface area contributed by atoms with Crippen LogP contribution in [-0.2, 0) is 52.3 Å². The summed E-state index contributed by atoms with van der Waals surface area (Å²) < 4.78 is 38.2. The lowest BCUT2D eigenvalue weighted by Gasteiger charge is -2.48. The molecule has 53 heavy (non-hydrogen) atoms. The van der Waals surface area contributed by atoms with Crippen molar-refractivity contribution in [2.75, 3.05) is 13.2 Å². The highest BCUT2D eigenvalue weighted by Crippen LogP contribution is 2.32. The monoisotopic (exact) mass is 776 g/mol. The number of nitrogens with one attached hydrogen (secondary N) is 2. The number of aliphatic hydroxyl groups is 10. The van der Waals surface area contributed by atoms with Crippen molar-refractivity contribution in [3.05, 3.63) is 0 Å². The van der Waals surface area contributed by atoms with Gasteiger partial charge in [0, 0.05) is 13.8 Å². The van der Waals surface area contributed by atoms with Gasteiger partial charge in [-0.1, -0.05) is 0 Å². The molecule has 0 radical (unpaired) electrons. The van der Waals surface area contributed by atoms with E-state index in [1.807, 2.05) is 0 Å². The van der Waals surface area contributed by atoms with Crippen molar-refractivity contribution in [3.8, 4) is 0 Å². The summed E-state index contributed by atoms with van der Waals surface area (Å²) in [5.74, 6) is -5.10. The molecule has 4 rings (SSSR count). The first-order valence-corrected chi connectivity index (χ1v) is 16.1.